The summed E-state index contributed by atoms with van der Waals surface area (Å²) in [6, 6.07) is 0. The summed E-state index contributed by atoms with van der Waals surface area (Å²) >= 11 is 0. The molecule has 0 unspecified atom stereocenters. The molecular weight excluding hydrogens is 180 g/mol. The Labute approximate surface area is 70.9 Å². The van der Waals surface area contributed by atoms with Crippen LogP contribution in [0.2, 0.25) is 0 Å². The summed E-state index contributed by atoms with van der Waals surface area (Å²) in [5.41, 5.74) is 0.439. The first kappa shape index (κ1) is 9.05. The van der Waals surface area contributed by atoms with Crippen molar-refractivity contribution >= 4 is 16.6 Å². The van der Waals surface area contributed by atoms with E-state index in [-0.39, 0.29) is 0 Å². The van der Waals surface area contributed by atoms with E-state index in [4.69, 9.17) is 14.2 Å². The third kappa shape index (κ3) is 2.54. The highest BCUT2D eigenvalue weighted by atomic mass is 32.3. The van der Waals surface area contributed by atoms with Gasteiger partial charge < -0.3 is 5.11 Å². The van der Waals surface area contributed by atoms with Crippen LogP contribution in [0.15, 0.2) is 34.6 Å². The van der Waals surface area contributed by atoms with Gasteiger partial charge in [-0.25, -0.2) is 4.79 Å². The van der Waals surface area contributed by atoms with Crippen LogP contribution >= 0.6 is 10.6 Å². The molecule has 0 aliphatic carbocycles. The van der Waals surface area contributed by atoms with Crippen LogP contribution in [-0.4, -0.2) is 20.2 Å². The first-order valence-electron chi connectivity index (χ1n) is 3.09. The van der Waals surface area contributed by atoms with E-state index < -0.39 is 16.6 Å². The van der Waals surface area contributed by atoms with Crippen molar-refractivity contribution in [2.75, 3.05) is 0 Å². The Morgan fingerprint density at radius 3 is 2.25 bits per heavy atom. The van der Waals surface area contributed by atoms with E-state index in [1.165, 1.54) is 23.0 Å². The topological polar surface area (TPSA) is 77.8 Å². The molecule has 0 fully saturated rings. The minimum absolute atomic E-state index is 0.439. The lowest BCUT2D eigenvalue weighted by Gasteiger charge is -2.25. The van der Waals surface area contributed by atoms with Crippen LogP contribution in [0.3, 0.4) is 0 Å². The van der Waals surface area contributed by atoms with Crippen LogP contribution in [0.4, 0.5) is 0 Å². The third-order valence-electron chi connectivity index (χ3n) is 1.21. The number of aliphatic carboxylic acids is 1. The van der Waals surface area contributed by atoms with Crippen molar-refractivity contribution in [1.82, 2.24) is 0 Å². The van der Waals surface area contributed by atoms with Crippen molar-refractivity contribution in [3.8, 4) is 0 Å². The third-order valence-corrected chi connectivity index (χ3v) is 2.28. The zero-order valence-corrected chi connectivity index (χ0v) is 6.86. The summed E-state index contributed by atoms with van der Waals surface area (Å²) in [7, 11) is -2.75. The summed E-state index contributed by atoms with van der Waals surface area (Å²) in [5, 5.41) is 10.7. The molecule has 1 aliphatic heterocycles. The molecule has 3 N–H and O–H groups in total. The number of carbonyl (C=O) groups is 1. The summed E-state index contributed by atoms with van der Waals surface area (Å²) in [5.74, 6) is -1.06. The molecule has 4 nitrogen and oxygen atoms in total. The average molecular weight is 188 g/mol. The predicted molar refractivity (Wildman–Crippen MR) is 46.8 cm³/mol. The maximum Gasteiger partial charge on any atom is 0.328 e. The number of rotatable bonds is 1. The first-order chi connectivity index (χ1) is 5.49. The number of carboxylic acids is 1. The van der Waals surface area contributed by atoms with Crippen LogP contribution in [0.1, 0.15) is 0 Å². The highest BCUT2D eigenvalue weighted by Gasteiger charge is 2.07. The largest absolute Gasteiger partial charge is 0.478 e. The van der Waals surface area contributed by atoms with Crippen molar-refractivity contribution in [1.29, 1.82) is 0 Å². The molecule has 12 heavy (non-hydrogen) atoms. The van der Waals surface area contributed by atoms with Crippen molar-refractivity contribution in [2.24, 2.45) is 0 Å². The lowest BCUT2D eigenvalue weighted by Crippen LogP contribution is -1.94. The van der Waals surface area contributed by atoms with Crippen LogP contribution in [0, 0.1) is 0 Å². The summed E-state index contributed by atoms with van der Waals surface area (Å²) in [6.45, 7) is 0. The molecule has 1 heterocycles. The van der Waals surface area contributed by atoms with Gasteiger partial charge in [0.15, 0.2) is 0 Å². The highest BCUT2D eigenvalue weighted by Crippen LogP contribution is 2.44. The molecule has 66 valence electrons. The van der Waals surface area contributed by atoms with Gasteiger partial charge >= 0.3 is 5.97 Å². The maximum absolute atomic E-state index is 10.2. The zero-order valence-electron chi connectivity index (χ0n) is 6.04. The Bertz CT molecular complexity index is 270. The molecule has 1 aliphatic rings. The van der Waals surface area contributed by atoms with Gasteiger partial charge in [0.2, 0.25) is 0 Å². The smallest absolute Gasteiger partial charge is 0.328 e. The van der Waals surface area contributed by atoms with Crippen molar-refractivity contribution in [3.05, 3.63) is 34.6 Å². The van der Waals surface area contributed by atoms with Crippen LogP contribution < -0.4 is 0 Å². The number of hydrogen-bond acceptors (Lipinski definition) is 3. The fraction of sp³-hybridized carbons (Fsp3) is 0. The zero-order chi connectivity index (χ0) is 9.19. The van der Waals surface area contributed by atoms with Crippen LogP contribution in [0.25, 0.3) is 0 Å². The second-order valence-electron chi connectivity index (χ2n) is 2.23. The van der Waals surface area contributed by atoms with Gasteiger partial charge in [0.1, 0.15) is 0 Å². The van der Waals surface area contributed by atoms with E-state index in [0.29, 0.717) is 5.57 Å². The molecule has 0 atom stereocenters. The fourth-order valence-electron chi connectivity index (χ4n) is 0.697. The van der Waals surface area contributed by atoms with Gasteiger partial charge in [-0.3, -0.25) is 9.11 Å². The molecule has 5 heteroatoms. The van der Waals surface area contributed by atoms with E-state index in [2.05, 4.69) is 0 Å². The molecule has 0 bridgehead atoms. The number of hydrogen-bond donors (Lipinski definition) is 3. The molecule has 0 saturated heterocycles. The number of carboxylic acid groups (broad SMARTS) is 1. The predicted octanol–water partition coefficient (Wildman–Crippen LogP) is 1.79. The van der Waals surface area contributed by atoms with E-state index in [1.54, 1.807) is 0 Å². The molecular formula is C7H8O4S. The first-order valence-corrected chi connectivity index (χ1v) is 4.76. The van der Waals surface area contributed by atoms with Gasteiger partial charge in [-0.05, 0) is 17.7 Å². The fourth-order valence-corrected chi connectivity index (χ4v) is 1.50. The van der Waals surface area contributed by atoms with E-state index >= 15 is 0 Å². The number of allylic oxidation sites excluding steroid dienone is 3. The van der Waals surface area contributed by atoms with E-state index in [1.807, 2.05) is 0 Å². The Hall–Kier alpha value is -1.04. The summed E-state index contributed by atoms with van der Waals surface area (Å²) < 4.78 is 18.0. The summed E-state index contributed by atoms with van der Waals surface area (Å²) in [6.07, 6.45) is 3.72. The molecule has 0 spiro atoms. The Morgan fingerprint density at radius 2 is 1.83 bits per heavy atom. The lowest BCUT2D eigenvalue weighted by atomic mass is 10.2. The maximum atomic E-state index is 10.2. The van der Waals surface area contributed by atoms with Crippen molar-refractivity contribution in [2.45, 2.75) is 0 Å². The molecule has 0 saturated carbocycles. The van der Waals surface area contributed by atoms with Crippen LogP contribution in [-0.2, 0) is 4.79 Å². The second-order valence-corrected chi connectivity index (χ2v) is 4.05. The normalized spacial score (nSPS) is 22.0. The Balaban J connectivity index is 2.80. The molecule has 0 radical (unpaired) electrons. The Kier molecular flexibility index (Phi) is 2.37. The quantitative estimate of drug-likeness (QED) is 0.548. The lowest BCUT2D eigenvalue weighted by molar-refractivity contribution is -0.131. The van der Waals surface area contributed by atoms with Gasteiger partial charge in [-0.15, -0.1) is 0 Å². The second kappa shape index (κ2) is 3.14. The summed E-state index contributed by atoms with van der Waals surface area (Å²) in [4.78, 5) is 10.2. The standard InChI is InChI=1S/C7H8O4S/c8-7(9)5-6-1-3-12(10,11)4-2-6/h1-5,10-11H,(H,8,9). The highest BCUT2D eigenvalue weighted by molar-refractivity contribution is 8.29. The average Bonchev–Trinajstić information content (AvgIpc) is 1.93. The SMILES string of the molecule is O=C(O)C=C1C=CS(O)(O)C=C1. The molecule has 0 amide bonds. The minimum atomic E-state index is -2.75. The molecule has 0 aromatic rings. The van der Waals surface area contributed by atoms with Gasteiger partial charge in [0.25, 0.3) is 0 Å². The molecule has 0 aromatic heterocycles. The van der Waals surface area contributed by atoms with E-state index in [0.717, 1.165) is 6.08 Å². The van der Waals surface area contributed by atoms with Gasteiger partial charge in [0.05, 0.1) is 0 Å². The van der Waals surface area contributed by atoms with Crippen LogP contribution in [0.5, 0.6) is 0 Å². The van der Waals surface area contributed by atoms with E-state index in [9.17, 15) is 4.79 Å². The van der Waals surface area contributed by atoms with Crippen molar-refractivity contribution < 1.29 is 19.0 Å². The Morgan fingerprint density at radius 1 is 1.33 bits per heavy atom. The monoisotopic (exact) mass is 188 g/mol. The minimum Gasteiger partial charge on any atom is -0.478 e. The van der Waals surface area contributed by atoms with Gasteiger partial charge in [-0.1, -0.05) is 0 Å². The molecule has 1 rings (SSSR count). The van der Waals surface area contributed by atoms with Gasteiger partial charge in [0, 0.05) is 16.9 Å². The molecule has 0 aromatic carbocycles. The van der Waals surface area contributed by atoms with Gasteiger partial charge in [-0.2, -0.15) is 10.6 Å². The van der Waals surface area contributed by atoms with Crippen molar-refractivity contribution in [3.63, 3.8) is 0 Å².